The summed E-state index contributed by atoms with van der Waals surface area (Å²) in [5.41, 5.74) is 3.34. The molecule has 0 saturated carbocycles. The van der Waals surface area contributed by atoms with E-state index < -0.39 is 0 Å². The van der Waals surface area contributed by atoms with Gasteiger partial charge in [0.25, 0.3) is 0 Å². The summed E-state index contributed by atoms with van der Waals surface area (Å²) >= 11 is 0.177. The predicted molar refractivity (Wildman–Crippen MR) is 72.6 cm³/mol. The molecule has 0 spiro atoms. The summed E-state index contributed by atoms with van der Waals surface area (Å²) in [5, 5.41) is 0. The Morgan fingerprint density at radius 3 is 2.12 bits per heavy atom. The summed E-state index contributed by atoms with van der Waals surface area (Å²) in [5.74, 6) is 2.53. The largest absolute Gasteiger partial charge is 0.160 e. The first kappa shape index (κ1) is 14.8. The monoisotopic (exact) mass is 236 g/mol. The molecule has 0 heterocycles. The molecular weight excluding hydrogens is 219 g/mol. The summed E-state index contributed by atoms with van der Waals surface area (Å²) in [6.45, 7) is 11.3. The molecule has 0 aliphatic rings. The van der Waals surface area contributed by atoms with Crippen LogP contribution >= 0.6 is 12.1 Å². The van der Waals surface area contributed by atoms with Crippen LogP contribution in [-0.4, -0.2) is 0 Å². The van der Waals surface area contributed by atoms with Crippen LogP contribution in [-0.2, 0) is 0 Å². The second-order valence-electron chi connectivity index (χ2n) is 3.86. The van der Waals surface area contributed by atoms with Gasteiger partial charge in [-0.15, -0.1) is 6.42 Å². The third kappa shape index (κ3) is 5.04. The highest BCUT2D eigenvalue weighted by Crippen LogP contribution is 2.27. The van der Waals surface area contributed by atoms with E-state index in [0.717, 1.165) is 16.7 Å². The van der Waals surface area contributed by atoms with Crippen LogP contribution < -0.4 is 0 Å². The van der Waals surface area contributed by atoms with E-state index >= 15 is 0 Å². The number of allylic oxidation sites excluding steroid dienone is 6. The zero-order valence-electron chi connectivity index (χ0n) is 10.2. The SMILES string of the molecule is C#CC(/C(C)=C/C(=C)C)=C(\C=C(C)C)SF. The molecule has 86 valence electrons. The minimum absolute atomic E-state index is 0.177. The van der Waals surface area contributed by atoms with Gasteiger partial charge in [0, 0.05) is 5.57 Å². The zero-order valence-corrected chi connectivity index (χ0v) is 11.0. The molecule has 0 amide bonds. The van der Waals surface area contributed by atoms with Gasteiger partial charge in [0.15, 0.2) is 0 Å². The molecule has 0 bridgehead atoms. The van der Waals surface area contributed by atoms with E-state index in [9.17, 15) is 3.89 Å². The molecule has 0 saturated heterocycles. The van der Waals surface area contributed by atoms with Gasteiger partial charge in [0.1, 0.15) is 0 Å². The van der Waals surface area contributed by atoms with Crippen LogP contribution in [0.5, 0.6) is 0 Å². The fourth-order valence-electron chi connectivity index (χ4n) is 1.22. The Hall–Kier alpha value is -1.20. The second kappa shape index (κ2) is 7.14. The van der Waals surface area contributed by atoms with Crippen molar-refractivity contribution in [3.05, 3.63) is 45.9 Å². The normalized spacial score (nSPS) is 12.6. The van der Waals surface area contributed by atoms with Crippen LogP contribution in [0.3, 0.4) is 0 Å². The maximum absolute atomic E-state index is 12.8. The molecule has 0 aromatic heterocycles. The van der Waals surface area contributed by atoms with Crippen LogP contribution in [0.15, 0.2) is 45.9 Å². The fraction of sp³-hybridized carbons (Fsp3) is 0.286. The number of hydrogen-bond acceptors (Lipinski definition) is 1. The molecular formula is C14H17FS. The van der Waals surface area contributed by atoms with E-state index in [1.807, 2.05) is 33.8 Å². The van der Waals surface area contributed by atoms with E-state index in [4.69, 9.17) is 6.42 Å². The van der Waals surface area contributed by atoms with Crippen LogP contribution in [0.4, 0.5) is 3.89 Å². The van der Waals surface area contributed by atoms with Crippen molar-refractivity contribution < 1.29 is 3.89 Å². The maximum atomic E-state index is 12.8. The van der Waals surface area contributed by atoms with Crippen molar-refractivity contribution in [1.82, 2.24) is 0 Å². The van der Waals surface area contributed by atoms with Gasteiger partial charge in [0.2, 0.25) is 0 Å². The van der Waals surface area contributed by atoms with E-state index in [1.54, 1.807) is 6.08 Å². The Kier molecular flexibility index (Phi) is 6.60. The van der Waals surface area contributed by atoms with Crippen molar-refractivity contribution in [2.45, 2.75) is 27.7 Å². The first-order chi connectivity index (χ1) is 7.42. The topological polar surface area (TPSA) is 0 Å². The molecule has 0 unspecified atom stereocenters. The third-order valence-corrected chi connectivity index (χ3v) is 2.24. The summed E-state index contributed by atoms with van der Waals surface area (Å²) in [4.78, 5) is 0.470. The second-order valence-corrected chi connectivity index (χ2v) is 4.45. The van der Waals surface area contributed by atoms with Gasteiger partial charge in [-0.25, -0.2) is 0 Å². The molecule has 0 atom stereocenters. The van der Waals surface area contributed by atoms with Crippen LogP contribution in [0.2, 0.25) is 0 Å². The lowest BCUT2D eigenvalue weighted by molar-refractivity contribution is 0.944. The number of terminal acetylenes is 1. The molecule has 2 heteroatoms. The minimum atomic E-state index is 0.177. The third-order valence-electron chi connectivity index (χ3n) is 1.75. The van der Waals surface area contributed by atoms with Gasteiger partial charge in [-0.3, -0.25) is 0 Å². The lowest BCUT2D eigenvalue weighted by atomic mass is 10.1. The molecule has 0 aromatic rings. The van der Waals surface area contributed by atoms with Crippen molar-refractivity contribution in [2.75, 3.05) is 0 Å². The van der Waals surface area contributed by atoms with Crippen molar-refractivity contribution in [2.24, 2.45) is 0 Å². The highest BCUT2D eigenvalue weighted by Gasteiger charge is 2.05. The molecule has 0 aliphatic carbocycles. The van der Waals surface area contributed by atoms with Gasteiger partial charge in [-0.05, 0) is 39.3 Å². The first-order valence-electron chi connectivity index (χ1n) is 4.91. The van der Waals surface area contributed by atoms with Crippen molar-refractivity contribution in [1.29, 1.82) is 0 Å². The molecule has 0 aliphatic heterocycles. The molecule has 0 radical (unpaired) electrons. The Balaban J connectivity index is 5.55. The van der Waals surface area contributed by atoms with Gasteiger partial charge in [-0.1, -0.05) is 29.7 Å². The minimum Gasteiger partial charge on any atom is -0.160 e. The first-order valence-corrected chi connectivity index (χ1v) is 5.62. The summed E-state index contributed by atoms with van der Waals surface area (Å²) in [7, 11) is 0. The van der Waals surface area contributed by atoms with E-state index in [-0.39, 0.29) is 12.1 Å². The van der Waals surface area contributed by atoms with Crippen molar-refractivity contribution in [3.8, 4) is 12.3 Å². The van der Waals surface area contributed by atoms with Crippen LogP contribution in [0, 0.1) is 12.3 Å². The Labute approximate surface area is 102 Å². The summed E-state index contributed by atoms with van der Waals surface area (Å²) < 4.78 is 12.8. The van der Waals surface area contributed by atoms with Crippen molar-refractivity contribution in [3.63, 3.8) is 0 Å². The molecule has 0 nitrogen and oxygen atoms in total. The van der Waals surface area contributed by atoms with Crippen LogP contribution in [0.1, 0.15) is 27.7 Å². The van der Waals surface area contributed by atoms with Crippen molar-refractivity contribution >= 4 is 12.1 Å². The number of rotatable bonds is 4. The molecule has 0 rings (SSSR count). The van der Waals surface area contributed by atoms with Gasteiger partial charge in [0.05, 0.1) is 17.1 Å². The smallest absolute Gasteiger partial charge is 0.0825 e. The summed E-state index contributed by atoms with van der Waals surface area (Å²) in [6.07, 6.45) is 9.01. The Morgan fingerprint density at radius 1 is 1.25 bits per heavy atom. The fourth-order valence-corrected chi connectivity index (χ4v) is 1.79. The maximum Gasteiger partial charge on any atom is 0.0825 e. The average molecular weight is 236 g/mol. The lowest BCUT2D eigenvalue weighted by Gasteiger charge is -2.05. The molecule has 0 aromatic carbocycles. The van der Waals surface area contributed by atoms with Gasteiger partial charge in [-0.2, -0.15) is 3.89 Å². The van der Waals surface area contributed by atoms with E-state index in [1.165, 1.54) is 0 Å². The summed E-state index contributed by atoms with van der Waals surface area (Å²) in [6, 6.07) is 0. The predicted octanol–water partition coefficient (Wildman–Crippen LogP) is 4.98. The average Bonchev–Trinajstić information content (AvgIpc) is 2.15. The lowest BCUT2D eigenvalue weighted by Crippen LogP contribution is -1.87. The van der Waals surface area contributed by atoms with E-state index in [2.05, 4.69) is 12.5 Å². The standard InChI is InChI=1S/C14H17FS/c1-7-13(12(6)8-10(2)3)14(16-15)9-11(4)5/h1,8-9H,2H2,3-6H3/b12-8+,14-13-. The molecule has 0 fully saturated rings. The molecule has 16 heavy (non-hydrogen) atoms. The van der Waals surface area contributed by atoms with Crippen LogP contribution in [0.25, 0.3) is 0 Å². The number of halogens is 1. The Bertz CT molecular complexity index is 399. The molecule has 0 N–H and O–H groups in total. The highest BCUT2D eigenvalue weighted by molar-refractivity contribution is 7.98. The van der Waals surface area contributed by atoms with Gasteiger partial charge >= 0.3 is 0 Å². The zero-order chi connectivity index (χ0) is 12.7. The van der Waals surface area contributed by atoms with E-state index in [0.29, 0.717) is 10.5 Å². The highest BCUT2D eigenvalue weighted by atomic mass is 32.2. The quantitative estimate of drug-likeness (QED) is 0.490. The Morgan fingerprint density at radius 2 is 1.81 bits per heavy atom. The number of hydrogen-bond donors (Lipinski definition) is 0. The van der Waals surface area contributed by atoms with Gasteiger partial charge < -0.3 is 0 Å².